The minimum atomic E-state index is -0.00415. The van der Waals surface area contributed by atoms with Gasteiger partial charge in [0.15, 0.2) is 0 Å². The predicted molar refractivity (Wildman–Crippen MR) is 110 cm³/mol. The van der Waals surface area contributed by atoms with E-state index in [0.29, 0.717) is 36.1 Å². The lowest BCUT2D eigenvalue weighted by Crippen LogP contribution is -2.32. The number of aryl methyl sites for hydroxylation is 4. The number of rotatable bonds is 5. The van der Waals surface area contributed by atoms with Gasteiger partial charge in [0.1, 0.15) is 10.8 Å². The molecule has 0 atom stereocenters. The molecule has 1 aromatic carbocycles. The minimum absolute atomic E-state index is 0.00415. The molecule has 1 amide bonds. The molecule has 3 rings (SSSR count). The maximum atomic E-state index is 13.1. The van der Waals surface area contributed by atoms with E-state index in [0.717, 1.165) is 22.5 Å². The summed E-state index contributed by atoms with van der Waals surface area (Å²) in [5.41, 5.74) is 5.91. The van der Waals surface area contributed by atoms with Crippen molar-refractivity contribution in [2.75, 3.05) is 13.1 Å². The van der Waals surface area contributed by atoms with E-state index in [1.165, 1.54) is 5.56 Å². The summed E-state index contributed by atoms with van der Waals surface area (Å²) < 4.78 is 3.80. The molecule has 6 heteroatoms. The number of hydrogen-bond donors (Lipinski definition) is 0. The lowest BCUT2D eigenvalue weighted by atomic mass is 10.1. The Morgan fingerprint density at radius 3 is 2.22 bits per heavy atom. The second-order valence-corrected chi connectivity index (χ2v) is 7.33. The molecule has 0 N–H and O–H groups in total. The van der Waals surface area contributed by atoms with Gasteiger partial charge in [-0.1, -0.05) is 36.2 Å². The van der Waals surface area contributed by atoms with E-state index in [9.17, 15) is 4.79 Å². The van der Waals surface area contributed by atoms with E-state index in [1.807, 2.05) is 34.6 Å². The summed E-state index contributed by atoms with van der Waals surface area (Å²) in [5.74, 6) is 0.679. The summed E-state index contributed by atoms with van der Waals surface area (Å²) in [6.07, 6.45) is 2.49. The highest BCUT2D eigenvalue weighted by Crippen LogP contribution is 2.30. The number of nitrogens with zero attached hydrogens (tertiary/aromatic N) is 4. The average Bonchev–Trinajstić information content (AvgIpc) is 3.10. The Kier molecular flexibility index (Phi) is 5.33. The SMILES string of the molecule is CCc1nc2n(-c3c(C)cc(C)cc3C)c(Cl)cn2c1C(=O)N(CC)CC. The zero-order valence-corrected chi connectivity index (χ0v) is 17.7. The minimum Gasteiger partial charge on any atom is -0.338 e. The monoisotopic (exact) mass is 386 g/mol. The van der Waals surface area contributed by atoms with Crippen molar-refractivity contribution >= 4 is 23.3 Å². The molecule has 0 aliphatic heterocycles. The van der Waals surface area contributed by atoms with Crippen molar-refractivity contribution in [3.63, 3.8) is 0 Å². The Morgan fingerprint density at radius 2 is 1.70 bits per heavy atom. The molecule has 144 valence electrons. The van der Waals surface area contributed by atoms with Gasteiger partial charge in [-0.15, -0.1) is 0 Å². The molecule has 3 aromatic rings. The van der Waals surface area contributed by atoms with Gasteiger partial charge in [-0.25, -0.2) is 4.98 Å². The van der Waals surface area contributed by atoms with Crippen LogP contribution in [0.15, 0.2) is 18.3 Å². The van der Waals surface area contributed by atoms with Crippen LogP contribution in [0.4, 0.5) is 0 Å². The van der Waals surface area contributed by atoms with Crippen molar-refractivity contribution in [2.45, 2.75) is 48.0 Å². The molecule has 2 aromatic heterocycles. The van der Waals surface area contributed by atoms with Crippen LogP contribution < -0.4 is 0 Å². The molecule has 0 radical (unpaired) electrons. The maximum absolute atomic E-state index is 13.1. The third-order valence-corrected chi connectivity index (χ3v) is 5.33. The molecule has 0 spiro atoms. The molecular weight excluding hydrogens is 360 g/mol. The Hall–Kier alpha value is -2.27. The van der Waals surface area contributed by atoms with Crippen LogP contribution in [0, 0.1) is 20.8 Å². The van der Waals surface area contributed by atoms with Gasteiger partial charge in [-0.05, 0) is 52.2 Å². The second kappa shape index (κ2) is 7.39. The van der Waals surface area contributed by atoms with Crippen molar-refractivity contribution in [3.05, 3.63) is 51.6 Å². The number of aromatic nitrogens is 3. The first-order valence-electron chi connectivity index (χ1n) is 9.49. The average molecular weight is 387 g/mol. The van der Waals surface area contributed by atoms with E-state index in [2.05, 4.69) is 32.9 Å². The van der Waals surface area contributed by atoms with Gasteiger partial charge in [0.2, 0.25) is 5.78 Å². The van der Waals surface area contributed by atoms with Crippen LogP contribution in [0.2, 0.25) is 5.15 Å². The number of amides is 1. The Morgan fingerprint density at radius 1 is 1.11 bits per heavy atom. The molecule has 0 aliphatic carbocycles. The van der Waals surface area contributed by atoms with Crippen LogP contribution in [-0.4, -0.2) is 37.8 Å². The first kappa shape index (κ1) is 19.5. The Balaban J connectivity index is 2.30. The molecule has 27 heavy (non-hydrogen) atoms. The molecule has 5 nitrogen and oxygen atoms in total. The Bertz CT molecular complexity index is 988. The summed E-state index contributed by atoms with van der Waals surface area (Å²) >= 11 is 6.62. The lowest BCUT2D eigenvalue weighted by molar-refractivity contribution is 0.0765. The molecule has 0 fully saturated rings. The quantitative estimate of drug-likeness (QED) is 0.635. The van der Waals surface area contributed by atoms with Crippen molar-refractivity contribution < 1.29 is 4.79 Å². The number of imidazole rings is 2. The third-order valence-electron chi connectivity index (χ3n) is 5.06. The zero-order valence-electron chi connectivity index (χ0n) is 16.9. The lowest BCUT2D eigenvalue weighted by Gasteiger charge is -2.18. The van der Waals surface area contributed by atoms with Crippen LogP contribution in [0.25, 0.3) is 11.5 Å². The zero-order chi connectivity index (χ0) is 19.9. The highest BCUT2D eigenvalue weighted by molar-refractivity contribution is 6.30. The van der Waals surface area contributed by atoms with Crippen LogP contribution in [0.1, 0.15) is 53.6 Å². The highest BCUT2D eigenvalue weighted by Gasteiger charge is 2.26. The fourth-order valence-corrected chi connectivity index (χ4v) is 4.13. The standard InChI is InChI=1S/C21H27ClN4O/c1-7-16-19(20(27)24(8-2)9-3)25-12-17(22)26(21(25)23-16)18-14(5)10-13(4)11-15(18)6/h10-12H,7-9H2,1-6H3. The van der Waals surface area contributed by atoms with Crippen LogP contribution >= 0.6 is 11.6 Å². The van der Waals surface area contributed by atoms with E-state index in [1.54, 1.807) is 6.20 Å². The van der Waals surface area contributed by atoms with Gasteiger partial charge >= 0.3 is 0 Å². The van der Waals surface area contributed by atoms with Crippen LogP contribution in [-0.2, 0) is 6.42 Å². The van der Waals surface area contributed by atoms with Crippen LogP contribution in [0.5, 0.6) is 0 Å². The van der Waals surface area contributed by atoms with Crippen molar-refractivity contribution in [1.29, 1.82) is 0 Å². The fraction of sp³-hybridized carbons (Fsp3) is 0.429. The summed E-state index contributed by atoms with van der Waals surface area (Å²) in [6.45, 7) is 13.6. The fourth-order valence-electron chi connectivity index (χ4n) is 3.87. The summed E-state index contributed by atoms with van der Waals surface area (Å²) in [6, 6.07) is 4.28. The molecule has 0 saturated carbocycles. The number of carbonyl (C=O) groups excluding carboxylic acids is 1. The van der Waals surface area contributed by atoms with E-state index in [-0.39, 0.29) is 5.91 Å². The summed E-state index contributed by atoms with van der Waals surface area (Å²) in [7, 11) is 0. The first-order chi connectivity index (χ1) is 12.8. The number of carbonyl (C=O) groups is 1. The molecule has 0 aliphatic rings. The van der Waals surface area contributed by atoms with Gasteiger partial charge in [-0.2, -0.15) is 0 Å². The molecular formula is C21H27ClN4O. The Labute approximate surface area is 165 Å². The largest absolute Gasteiger partial charge is 0.338 e. The number of hydrogen-bond acceptors (Lipinski definition) is 2. The van der Waals surface area contributed by atoms with Crippen molar-refractivity contribution in [3.8, 4) is 5.69 Å². The normalized spacial score (nSPS) is 11.4. The third kappa shape index (κ3) is 3.14. The van der Waals surface area contributed by atoms with Crippen LogP contribution in [0.3, 0.4) is 0 Å². The van der Waals surface area contributed by atoms with Crippen molar-refractivity contribution in [1.82, 2.24) is 18.9 Å². The molecule has 0 unspecified atom stereocenters. The van der Waals surface area contributed by atoms with Gasteiger partial charge in [-0.3, -0.25) is 13.8 Å². The highest BCUT2D eigenvalue weighted by atomic mass is 35.5. The second-order valence-electron chi connectivity index (χ2n) is 6.94. The van der Waals surface area contributed by atoms with E-state index >= 15 is 0 Å². The number of halogens is 1. The van der Waals surface area contributed by atoms with Gasteiger partial charge in [0.05, 0.1) is 11.4 Å². The smallest absolute Gasteiger partial charge is 0.272 e. The van der Waals surface area contributed by atoms with Gasteiger partial charge < -0.3 is 4.90 Å². The molecule has 0 saturated heterocycles. The van der Waals surface area contributed by atoms with Gasteiger partial charge in [0.25, 0.3) is 5.91 Å². The topological polar surface area (TPSA) is 42.5 Å². The first-order valence-corrected chi connectivity index (χ1v) is 9.87. The van der Waals surface area contributed by atoms with E-state index < -0.39 is 0 Å². The predicted octanol–water partition coefficient (Wildman–Crippen LogP) is 4.75. The maximum Gasteiger partial charge on any atom is 0.272 e. The summed E-state index contributed by atoms with van der Waals surface area (Å²) in [4.78, 5) is 19.7. The summed E-state index contributed by atoms with van der Waals surface area (Å²) in [5, 5.41) is 0.545. The van der Waals surface area contributed by atoms with Crippen molar-refractivity contribution in [2.24, 2.45) is 0 Å². The van der Waals surface area contributed by atoms with E-state index in [4.69, 9.17) is 16.6 Å². The van der Waals surface area contributed by atoms with Gasteiger partial charge in [0, 0.05) is 19.3 Å². The molecule has 2 heterocycles. The molecule has 0 bridgehead atoms. The number of benzene rings is 1. The number of fused-ring (bicyclic) bond motifs is 1.